The summed E-state index contributed by atoms with van der Waals surface area (Å²) in [5, 5.41) is 0.917. The van der Waals surface area contributed by atoms with Gasteiger partial charge < -0.3 is 9.80 Å². The highest BCUT2D eigenvalue weighted by molar-refractivity contribution is 7.89. The van der Waals surface area contributed by atoms with Crippen molar-refractivity contribution in [3.8, 4) is 0 Å². The second kappa shape index (κ2) is 6.55. The highest BCUT2D eigenvalue weighted by Crippen LogP contribution is 2.37. The molecule has 7 nitrogen and oxygen atoms in total. The largest absolute Gasteiger partial charge is 0.354 e. The van der Waals surface area contributed by atoms with Gasteiger partial charge in [0.05, 0.1) is 14.5 Å². The number of amides is 1. The van der Waals surface area contributed by atoms with Gasteiger partial charge in [0.25, 0.3) is 5.91 Å². The number of hydrogen-bond donors (Lipinski definition) is 1. The molecule has 0 saturated heterocycles. The first-order valence-electron chi connectivity index (χ1n) is 8.26. The Hall–Kier alpha value is -2.01. The van der Waals surface area contributed by atoms with Gasteiger partial charge in [-0.2, -0.15) is 0 Å². The Bertz CT molecular complexity index is 1120. The normalized spacial score (nSPS) is 14.0. The average molecular weight is 423 g/mol. The van der Waals surface area contributed by atoms with Crippen LogP contribution in [0.25, 0.3) is 9.53 Å². The predicted molar refractivity (Wildman–Crippen MR) is 110 cm³/mol. The van der Waals surface area contributed by atoms with Crippen LogP contribution in [0.15, 0.2) is 29.2 Å². The van der Waals surface area contributed by atoms with Crippen LogP contribution in [-0.4, -0.2) is 47.0 Å². The SMILES string of the molecule is CNS(=O)(=O)c1ccc2c(c1)CCN2C(=O)c1cc2sc(N(C)C)nc2s1. The maximum Gasteiger partial charge on any atom is 0.268 e. The third kappa shape index (κ3) is 3.12. The number of fused-ring (bicyclic) bond motifs is 2. The van der Waals surface area contributed by atoms with E-state index < -0.39 is 10.0 Å². The van der Waals surface area contributed by atoms with Gasteiger partial charge in [-0.15, -0.1) is 11.3 Å². The van der Waals surface area contributed by atoms with E-state index in [1.807, 2.05) is 25.1 Å². The van der Waals surface area contributed by atoms with Gasteiger partial charge in [-0.1, -0.05) is 11.3 Å². The lowest BCUT2D eigenvalue weighted by Gasteiger charge is -2.16. The summed E-state index contributed by atoms with van der Waals surface area (Å²) in [6.45, 7) is 0.541. The molecule has 0 aliphatic carbocycles. The Balaban J connectivity index is 1.64. The lowest BCUT2D eigenvalue weighted by Crippen LogP contribution is -2.28. The molecule has 27 heavy (non-hydrogen) atoms. The molecular formula is C17H18N4O3S3. The van der Waals surface area contributed by atoms with Crippen molar-refractivity contribution in [3.05, 3.63) is 34.7 Å². The van der Waals surface area contributed by atoms with E-state index in [9.17, 15) is 13.2 Å². The van der Waals surface area contributed by atoms with Gasteiger partial charge in [0, 0.05) is 26.3 Å². The summed E-state index contributed by atoms with van der Waals surface area (Å²) >= 11 is 2.95. The summed E-state index contributed by atoms with van der Waals surface area (Å²) in [4.78, 5) is 23.0. The van der Waals surface area contributed by atoms with E-state index >= 15 is 0 Å². The second-order valence-corrected chi connectivity index (χ2v) is 10.3. The van der Waals surface area contributed by atoms with Crippen molar-refractivity contribution in [2.45, 2.75) is 11.3 Å². The van der Waals surface area contributed by atoms with Crippen LogP contribution in [0.2, 0.25) is 0 Å². The van der Waals surface area contributed by atoms with Crippen LogP contribution in [0.1, 0.15) is 15.2 Å². The minimum Gasteiger partial charge on any atom is -0.354 e. The molecule has 0 fully saturated rings. The van der Waals surface area contributed by atoms with Crippen molar-refractivity contribution in [2.75, 3.05) is 37.5 Å². The first-order valence-corrected chi connectivity index (χ1v) is 11.4. The number of sulfonamides is 1. The molecule has 1 aliphatic rings. The summed E-state index contributed by atoms with van der Waals surface area (Å²) < 4.78 is 27.3. The molecule has 3 aromatic rings. The summed E-state index contributed by atoms with van der Waals surface area (Å²) in [6.07, 6.45) is 0.636. The van der Waals surface area contributed by atoms with Crippen LogP contribution in [0, 0.1) is 0 Å². The van der Waals surface area contributed by atoms with Crippen LogP contribution in [0.5, 0.6) is 0 Å². The molecule has 0 bridgehead atoms. The number of thiazole rings is 1. The smallest absolute Gasteiger partial charge is 0.268 e. The fourth-order valence-corrected chi connectivity index (χ4v) is 5.89. The standard InChI is InChI=1S/C17H18N4O3S3/c1-18-27(23,24)11-4-5-12-10(8-11)6-7-21(12)16(22)14-9-13-15(25-14)19-17(26-13)20(2)3/h4-5,8-9,18H,6-7H2,1-3H3. The van der Waals surface area contributed by atoms with Gasteiger partial charge in [0.15, 0.2) is 5.13 Å². The van der Waals surface area contributed by atoms with E-state index in [1.54, 1.807) is 28.4 Å². The van der Waals surface area contributed by atoms with E-state index in [4.69, 9.17) is 0 Å². The Morgan fingerprint density at radius 3 is 2.70 bits per heavy atom. The fourth-order valence-electron chi connectivity index (χ4n) is 3.03. The highest BCUT2D eigenvalue weighted by atomic mass is 32.2. The zero-order valence-corrected chi connectivity index (χ0v) is 17.5. The Morgan fingerprint density at radius 2 is 2.04 bits per heavy atom. The van der Waals surface area contributed by atoms with Crippen LogP contribution in [0.3, 0.4) is 0 Å². The van der Waals surface area contributed by atoms with E-state index in [2.05, 4.69) is 9.71 Å². The minimum atomic E-state index is -3.49. The molecule has 0 atom stereocenters. The number of anilines is 2. The molecule has 142 valence electrons. The van der Waals surface area contributed by atoms with Crippen molar-refractivity contribution in [2.24, 2.45) is 0 Å². The molecule has 1 N–H and O–H groups in total. The van der Waals surface area contributed by atoms with Crippen LogP contribution >= 0.6 is 22.7 Å². The maximum atomic E-state index is 13.0. The number of hydrogen-bond acceptors (Lipinski definition) is 7. The van der Waals surface area contributed by atoms with Crippen molar-refractivity contribution in [1.82, 2.24) is 9.71 Å². The van der Waals surface area contributed by atoms with E-state index in [1.165, 1.54) is 24.5 Å². The lowest BCUT2D eigenvalue weighted by molar-refractivity contribution is 0.0993. The number of aromatic nitrogens is 1. The first kappa shape index (κ1) is 18.4. The number of benzene rings is 1. The molecule has 0 unspecified atom stereocenters. The molecule has 0 saturated carbocycles. The van der Waals surface area contributed by atoms with Crippen LogP contribution in [0.4, 0.5) is 10.8 Å². The molecule has 4 rings (SSSR count). The number of rotatable bonds is 4. The number of nitrogens with zero attached hydrogens (tertiary/aromatic N) is 3. The monoisotopic (exact) mass is 422 g/mol. The van der Waals surface area contributed by atoms with Crippen molar-refractivity contribution >= 4 is 59.0 Å². The minimum absolute atomic E-state index is 0.0698. The van der Waals surface area contributed by atoms with E-state index in [0.29, 0.717) is 17.8 Å². The summed E-state index contributed by atoms with van der Waals surface area (Å²) in [7, 11) is 1.78. The Kier molecular flexibility index (Phi) is 4.46. The van der Waals surface area contributed by atoms with Gasteiger partial charge in [-0.3, -0.25) is 4.79 Å². The molecule has 0 radical (unpaired) electrons. The predicted octanol–water partition coefficient (Wildman–Crippen LogP) is 2.53. The first-order chi connectivity index (χ1) is 12.8. The average Bonchev–Trinajstić information content (AvgIpc) is 3.32. The van der Waals surface area contributed by atoms with Gasteiger partial charge >= 0.3 is 0 Å². The number of carbonyl (C=O) groups excluding carboxylic acids is 1. The quantitative estimate of drug-likeness (QED) is 0.699. The van der Waals surface area contributed by atoms with Crippen molar-refractivity contribution < 1.29 is 13.2 Å². The van der Waals surface area contributed by atoms with E-state index in [-0.39, 0.29) is 10.8 Å². The third-order valence-electron chi connectivity index (χ3n) is 4.44. The zero-order valence-electron chi connectivity index (χ0n) is 15.0. The summed E-state index contributed by atoms with van der Waals surface area (Å²) in [5.41, 5.74) is 1.64. The molecule has 2 aromatic heterocycles. The topological polar surface area (TPSA) is 82.6 Å². The zero-order chi connectivity index (χ0) is 19.3. The van der Waals surface area contributed by atoms with Gasteiger partial charge in [0.2, 0.25) is 10.0 Å². The van der Waals surface area contributed by atoms with Gasteiger partial charge in [-0.05, 0) is 43.3 Å². The van der Waals surface area contributed by atoms with Crippen LogP contribution in [-0.2, 0) is 16.4 Å². The molecule has 10 heteroatoms. The fraction of sp³-hybridized carbons (Fsp3) is 0.294. The van der Waals surface area contributed by atoms with Gasteiger partial charge in [-0.25, -0.2) is 18.1 Å². The summed E-state index contributed by atoms with van der Waals surface area (Å²) in [5.74, 6) is -0.0698. The second-order valence-electron chi connectivity index (χ2n) is 6.38. The molecule has 0 spiro atoms. The molecule has 1 aliphatic heterocycles. The Labute approximate surface area is 165 Å². The summed E-state index contributed by atoms with van der Waals surface area (Å²) in [6, 6.07) is 6.79. The third-order valence-corrected chi connectivity index (χ3v) is 8.17. The number of nitrogens with one attached hydrogen (secondary N) is 1. The molecule has 3 heterocycles. The number of carbonyl (C=O) groups is 1. The van der Waals surface area contributed by atoms with Crippen molar-refractivity contribution in [1.29, 1.82) is 0 Å². The number of thiophene rings is 1. The van der Waals surface area contributed by atoms with E-state index in [0.717, 1.165) is 25.9 Å². The molecular weight excluding hydrogens is 404 g/mol. The van der Waals surface area contributed by atoms with Crippen molar-refractivity contribution in [3.63, 3.8) is 0 Å². The van der Waals surface area contributed by atoms with Gasteiger partial charge in [0.1, 0.15) is 4.83 Å². The highest BCUT2D eigenvalue weighted by Gasteiger charge is 2.28. The molecule has 1 amide bonds. The van der Waals surface area contributed by atoms with Crippen LogP contribution < -0.4 is 14.5 Å². The maximum absolute atomic E-state index is 13.0. The lowest BCUT2D eigenvalue weighted by atomic mass is 10.2. The molecule has 1 aromatic carbocycles. The Morgan fingerprint density at radius 1 is 1.26 bits per heavy atom.